The Bertz CT molecular complexity index is 587. The number of nitrogens with one attached hydrogen (secondary N) is 1. The van der Waals surface area contributed by atoms with E-state index >= 15 is 0 Å². The number of carbonyl (C=O) groups excluding carboxylic acids is 1. The van der Waals surface area contributed by atoms with Gasteiger partial charge in [-0.05, 0) is 32.4 Å². The molecule has 0 spiro atoms. The Morgan fingerprint density at radius 2 is 2.08 bits per heavy atom. The molecule has 1 saturated heterocycles. The Morgan fingerprint density at radius 3 is 2.76 bits per heavy atom. The van der Waals surface area contributed by atoms with Gasteiger partial charge in [0.1, 0.15) is 0 Å². The van der Waals surface area contributed by atoms with Crippen LogP contribution in [0.3, 0.4) is 0 Å². The largest absolute Gasteiger partial charge is 0.462 e. The van der Waals surface area contributed by atoms with Crippen LogP contribution in [-0.2, 0) is 9.47 Å². The molecule has 1 aliphatic heterocycles. The molecule has 1 amide bonds. The summed E-state index contributed by atoms with van der Waals surface area (Å²) in [6.45, 7) is 8.83. The van der Waals surface area contributed by atoms with E-state index in [1.807, 2.05) is 13.8 Å². The average Bonchev–Trinajstić information content (AvgIpc) is 2.59. The van der Waals surface area contributed by atoms with Gasteiger partial charge >= 0.3 is 0 Å². The van der Waals surface area contributed by atoms with Crippen LogP contribution in [0.2, 0.25) is 5.02 Å². The van der Waals surface area contributed by atoms with E-state index in [0.29, 0.717) is 17.1 Å². The van der Waals surface area contributed by atoms with Gasteiger partial charge in [0.2, 0.25) is 0 Å². The molecule has 6 nitrogen and oxygen atoms in total. The van der Waals surface area contributed by atoms with Crippen molar-refractivity contribution in [3.8, 4) is 0 Å². The van der Waals surface area contributed by atoms with E-state index in [4.69, 9.17) is 21.1 Å². The second-order valence-electron chi connectivity index (χ2n) is 6.10. The van der Waals surface area contributed by atoms with E-state index < -0.39 is 0 Å². The monoisotopic (exact) mass is 367 g/mol. The number of nitrogens with zero attached hydrogens (tertiary/aromatic N) is 2. The molecule has 1 heterocycles. The van der Waals surface area contributed by atoms with E-state index in [0.717, 1.165) is 39.3 Å². The van der Waals surface area contributed by atoms with E-state index in [1.165, 1.54) is 0 Å². The number of aliphatic imine (C=N–C) groups is 1. The molecule has 0 bridgehead atoms. The highest BCUT2D eigenvalue weighted by Crippen LogP contribution is 2.14. The lowest BCUT2D eigenvalue weighted by molar-refractivity contribution is 0.0377. The summed E-state index contributed by atoms with van der Waals surface area (Å²) in [6, 6.07) is 7.14. The van der Waals surface area contributed by atoms with Gasteiger partial charge in [-0.3, -0.25) is 15.0 Å². The standard InChI is InChI=1S/C18H26ClN3O3/c1-14(2)25-18(20-8-5-9-22-10-12-24-13-11-22)21-17(23)15-6-3-4-7-16(15)19/h3-4,6-7,14H,5,8-13H2,1-2H3,(H,20,21,23). The van der Waals surface area contributed by atoms with Crippen LogP contribution in [0, 0.1) is 0 Å². The third kappa shape index (κ3) is 7.02. The lowest BCUT2D eigenvalue weighted by Crippen LogP contribution is -2.37. The predicted molar refractivity (Wildman–Crippen MR) is 99.3 cm³/mol. The van der Waals surface area contributed by atoms with Crippen molar-refractivity contribution in [2.45, 2.75) is 26.4 Å². The zero-order valence-corrected chi connectivity index (χ0v) is 15.6. The molecule has 2 rings (SSSR count). The van der Waals surface area contributed by atoms with E-state index in [-0.39, 0.29) is 18.0 Å². The Balaban J connectivity index is 1.88. The SMILES string of the molecule is CC(C)OC(=NCCCN1CCOCC1)NC(=O)c1ccccc1Cl. The van der Waals surface area contributed by atoms with Gasteiger partial charge in [0.25, 0.3) is 11.9 Å². The number of amides is 1. The van der Waals surface area contributed by atoms with Gasteiger partial charge < -0.3 is 9.47 Å². The normalized spacial score (nSPS) is 16.1. The zero-order chi connectivity index (χ0) is 18.1. The molecule has 0 saturated carbocycles. The first-order chi connectivity index (χ1) is 12.1. The molecule has 0 unspecified atom stereocenters. The van der Waals surface area contributed by atoms with Gasteiger partial charge in [-0.2, -0.15) is 0 Å². The molecule has 1 aliphatic rings. The Morgan fingerprint density at radius 1 is 1.36 bits per heavy atom. The maximum Gasteiger partial charge on any atom is 0.291 e. The Kier molecular flexibility index (Phi) is 8.18. The molecule has 0 atom stereocenters. The lowest BCUT2D eigenvalue weighted by Gasteiger charge is -2.26. The topological polar surface area (TPSA) is 63.2 Å². The van der Waals surface area contributed by atoms with Crippen molar-refractivity contribution in [2.24, 2.45) is 4.99 Å². The summed E-state index contributed by atoms with van der Waals surface area (Å²) in [5.74, 6) is -0.321. The van der Waals surface area contributed by atoms with Crippen LogP contribution in [0.5, 0.6) is 0 Å². The summed E-state index contributed by atoms with van der Waals surface area (Å²) in [7, 11) is 0. The first-order valence-corrected chi connectivity index (χ1v) is 9.01. The molecule has 1 fully saturated rings. The van der Waals surface area contributed by atoms with Gasteiger partial charge in [-0.15, -0.1) is 0 Å². The first-order valence-electron chi connectivity index (χ1n) is 8.63. The fourth-order valence-electron chi connectivity index (χ4n) is 2.44. The zero-order valence-electron chi connectivity index (χ0n) is 14.8. The van der Waals surface area contributed by atoms with E-state index in [2.05, 4.69) is 15.2 Å². The van der Waals surface area contributed by atoms with Gasteiger partial charge in [0, 0.05) is 26.2 Å². The number of morpholine rings is 1. The molecule has 1 aromatic rings. The highest BCUT2D eigenvalue weighted by Gasteiger charge is 2.14. The maximum absolute atomic E-state index is 12.4. The van der Waals surface area contributed by atoms with Crippen molar-refractivity contribution in [2.75, 3.05) is 39.4 Å². The molecule has 1 aromatic carbocycles. The van der Waals surface area contributed by atoms with E-state index in [9.17, 15) is 4.79 Å². The minimum absolute atomic E-state index is 0.0791. The quantitative estimate of drug-likeness (QED) is 0.477. The first kappa shape index (κ1) is 19.7. The molecule has 138 valence electrons. The minimum atomic E-state index is -0.321. The molecule has 0 aliphatic carbocycles. The van der Waals surface area contributed by atoms with Crippen molar-refractivity contribution in [3.63, 3.8) is 0 Å². The molecule has 25 heavy (non-hydrogen) atoms. The van der Waals surface area contributed by atoms with Crippen molar-refractivity contribution in [1.82, 2.24) is 10.2 Å². The number of amidine groups is 1. The fourth-order valence-corrected chi connectivity index (χ4v) is 2.66. The van der Waals surface area contributed by atoms with Crippen molar-refractivity contribution in [1.29, 1.82) is 0 Å². The van der Waals surface area contributed by atoms with Crippen LogP contribution < -0.4 is 5.32 Å². The number of rotatable bonds is 6. The summed E-state index contributed by atoms with van der Waals surface area (Å²) in [4.78, 5) is 19.1. The molecule has 7 heteroatoms. The number of halogens is 1. The molecule has 1 N–H and O–H groups in total. The van der Waals surface area contributed by atoms with Crippen LogP contribution in [0.15, 0.2) is 29.3 Å². The third-order valence-electron chi connectivity index (χ3n) is 3.68. The number of benzene rings is 1. The van der Waals surface area contributed by atoms with Crippen LogP contribution in [0.1, 0.15) is 30.6 Å². The summed E-state index contributed by atoms with van der Waals surface area (Å²) in [5, 5.41) is 3.11. The highest BCUT2D eigenvalue weighted by atomic mass is 35.5. The Labute approximate surface area is 154 Å². The van der Waals surface area contributed by atoms with Crippen LogP contribution >= 0.6 is 11.6 Å². The minimum Gasteiger partial charge on any atom is -0.462 e. The van der Waals surface area contributed by atoms with Gasteiger partial charge in [0.15, 0.2) is 0 Å². The molecular formula is C18H26ClN3O3. The van der Waals surface area contributed by atoms with Crippen molar-refractivity contribution in [3.05, 3.63) is 34.9 Å². The van der Waals surface area contributed by atoms with Crippen LogP contribution in [0.25, 0.3) is 0 Å². The lowest BCUT2D eigenvalue weighted by atomic mass is 10.2. The summed E-state index contributed by atoms with van der Waals surface area (Å²) in [6.07, 6.45) is 0.817. The van der Waals surface area contributed by atoms with Crippen LogP contribution in [0.4, 0.5) is 0 Å². The summed E-state index contributed by atoms with van der Waals surface area (Å²) >= 11 is 6.06. The molecular weight excluding hydrogens is 342 g/mol. The van der Waals surface area contributed by atoms with E-state index in [1.54, 1.807) is 24.3 Å². The number of ether oxygens (including phenoxy) is 2. The number of hydrogen-bond acceptors (Lipinski definition) is 5. The van der Waals surface area contributed by atoms with Gasteiger partial charge in [-0.1, -0.05) is 23.7 Å². The van der Waals surface area contributed by atoms with Gasteiger partial charge in [-0.25, -0.2) is 4.99 Å². The number of carbonyl (C=O) groups is 1. The fraction of sp³-hybridized carbons (Fsp3) is 0.556. The van der Waals surface area contributed by atoms with Gasteiger partial charge in [0.05, 0.1) is 29.9 Å². The summed E-state index contributed by atoms with van der Waals surface area (Å²) < 4.78 is 11.0. The van der Waals surface area contributed by atoms with Crippen molar-refractivity contribution < 1.29 is 14.3 Å². The third-order valence-corrected chi connectivity index (χ3v) is 4.01. The second kappa shape index (κ2) is 10.4. The smallest absolute Gasteiger partial charge is 0.291 e. The van der Waals surface area contributed by atoms with Crippen molar-refractivity contribution >= 4 is 23.5 Å². The highest BCUT2D eigenvalue weighted by molar-refractivity contribution is 6.34. The second-order valence-corrected chi connectivity index (χ2v) is 6.50. The average molecular weight is 368 g/mol. The predicted octanol–water partition coefficient (Wildman–Crippen LogP) is 2.57. The Hall–Kier alpha value is -1.63. The van der Waals surface area contributed by atoms with Crippen LogP contribution in [-0.4, -0.2) is 62.3 Å². The summed E-state index contributed by atoms with van der Waals surface area (Å²) in [5.41, 5.74) is 0.400. The maximum atomic E-state index is 12.4. The molecule has 0 aromatic heterocycles. The molecule has 0 radical (unpaired) electrons. The number of hydrogen-bond donors (Lipinski definition) is 1.